The van der Waals surface area contributed by atoms with E-state index in [1.165, 1.54) is 10.7 Å². The predicted octanol–water partition coefficient (Wildman–Crippen LogP) is 0.736. The molecule has 0 aliphatic heterocycles. The van der Waals surface area contributed by atoms with Crippen molar-refractivity contribution in [3.8, 4) is 0 Å². The van der Waals surface area contributed by atoms with Crippen molar-refractivity contribution < 1.29 is 9.90 Å². The van der Waals surface area contributed by atoms with Crippen LogP contribution in [0.15, 0.2) is 18.3 Å². The maximum atomic E-state index is 10.7. The zero-order chi connectivity index (χ0) is 9.42. The van der Waals surface area contributed by atoms with Crippen LogP contribution in [0.5, 0.6) is 0 Å². The molecule has 0 saturated carbocycles. The van der Waals surface area contributed by atoms with Crippen LogP contribution in [0.2, 0.25) is 0 Å². The first-order chi connectivity index (χ1) is 6.18. The van der Waals surface area contributed by atoms with Crippen molar-refractivity contribution in [3.63, 3.8) is 0 Å². The fourth-order valence-corrected chi connectivity index (χ4v) is 1.11. The first-order valence-electron chi connectivity index (χ1n) is 3.73. The molecular weight excluding hydrogens is 170 g/mol. The second-order valence-corrected chi connectivity index (χ2v) is 2.69. The van der Waals surface area contributed by atoms with Crippen LogP contribution in [0.3, 0.4) is 0 Å². The Hall–Kier alpha value is -1.91. The van der Waals surface area contributed by atoms with Gasteiger partial charge in [-0.25, -0.2) is 14.3 Å². The lowest BCUT2D eigenvalue weighted by Gasteiger charge is -1.96. The average Bonchev–Trinajstić information content (AvgIpc) is 2.46. The summed E-state index contributed by atoms with van der Waals surface area (Å²) in [5.74, 6) is -1.02. The second-order valence-electron chi connectivity index (χ2n) is 2.69. The van der Waals surface area contributed by atoms with Crippen LogP contribution in [0.4, 0.5) is 0 Å². The Bertz CT molecular complexity index is 475. The van der Waals surface area contributed by atoms with E-state index in [4.69, 9.17) is 5.11 Å². The molecule has 2 aromatic heterocycles. The number of fused-ring (bicyclic) bond motifs is 1. The van der Waals surface area contributed by atoms with Gasteiger partial charge in [-0.15, -0.1) is 0 Å². The molecule has 0 spiro atoms. The molecule has 2 heterocycles. The third-order valence-electron chi connectivity index (χ3n) is 1.71. The SMILES string of the molecule is Cc1ccc2ncc(C(=O)O)n2n1. The first-order valence-corrected chi connectivity index (χ1v) is 3.73. The van der Waals surface area contributed by atoms with Gasteiger partial charge >= 0.3 is 5.97 Å². The van der Waals surface area contributed by atoms with Crippen molar-refractivity contribution in [2.24, 2.45) is 0 Å². The van der Waals surface area contributed by atoms with Crippen LogP contribution >= 0.6 is 0 Å². The van der Waals surface area contributed by atoms with Crippen molar-refractivity contribution in [2.45, 2.75) is 6.92 Å². The van der Waals surface area contributed by atoms with Gasteiger partial charge in [0.15, 0.2) is 11.3 Å². The number of carboxylic acid groups (broad SMARTS) is 1. The lowest BCUT2D eigenvalue weighted by molar-refractivity contribution is 0.0688. The van der Waals surface area contributed by atoms with Crippen molar-refractivity contribution >= 4 is 11.6 Å². The van der Waals surface area contributed by atoms with Crippen molar-refractivity contribution in [3.05, 3.63) is 29.7 Å². The number of rotatable bonds is 1. The number of aromatic carboxylic acids is 1. The van der Waals surface area contributed by atoms with E-state index in [1.54, 1.807) is 19.1 Å². The summed E-state index contributed by atoms with van der Waals surface area (Å²) in [7, 11) is 0. The van der Waals surface area contributed by atoms with E-state index in [1.807, 2.05) is 0 Å². The molecule has 66 valence electrons. The first kappa shape index (κ1) is 7.72. The number of imidazole rings is 1. The summed E-state index contributed by atoms with van der Waals surface area (Å²) in [6.07, 6.45) is 1.30. The molecule has 5 nitrogen and oxygen atoms in total. The highest BCUT2D eigenvalue weighted by atomic mass is 16.4. The number of carbonyl (C=O) groups is 1. The largest absolute Gasteiger partial charge is 0.476 e. The molecule has 0 atom stereocenters. The summed E-state index contributed by atoms with van der Waals surface area (Å²) in [6, 6.07) is 3.52. The number of hydrogen-bond donors (Lipinski definition) is 1. The standard InChI is InChI=1S/C8H7N3O2/c1-5-2-3-7-9-4-6(8(12)13)11(7)10-5/h2-4H,1H3,(H,12,13). The van der Waals surface area contributed by atoms with Gasteiger partial charge in [0, 0.05) is 0 Å². The van der Waals surface area contributed by atoms with E-state index < -0.39 is 5.97 Å². The third-order valence-corrected chi connectivity index (χ3v) is 1.71. The highest BCUT2D eigenvalue weighted by Crippen LogP contribution is 2.05. The summed E-state index contributed by atoms with van der Waals surface area (Å²) in [6.45, 7) is 1.80. The van der Waals surface area contributed by atoms with Gasteiger partial charge in [-0.05, 0) is 19.1 Å². The number of aryl methyl sites for hydroxylation is 1. The van der Waals surface area contributed by atoms with Crippen LogP contribution in [-0.2, 0) is 0 Å². The van der Waals surface area contributed by atoms with Gasteiger partial charge in [-0.3, -0.25) is 0 Å². The Labute approximate surface area is 73.6 Å². The fraction of sp³-hybridized carbons (Fsp3) is 0.125. The van der Waals surface area contributed by atoms with Crippen LogP contribution in [0, 0.1) is 6.92 Å². The molecule has 0 unspecified atom stereocenters. The van der Waals surface area contributed by atoms with Gasteiger partial charge in [-0.2, -0.15) is 5.10 Å². The monoisotopic (exact) mass is 177 g/mol. The molecule has 2 aromatic rings. The number of nitrogens with zero attached hydrogens (tertiary/aromatic N) is 3. The summed E-state index contributed by atoms with van der Waals surface area (Å²) in [4.78, 5) is 14.6. The topological polar surface area (TPSA) is 67.5 Å². The zero-order valence-corrected chi connectivity index (χ0v) is 6.93. The zero-order valence-electron chi connectivity index (χ0n) is 6.93. The second kappa shape index (κ2) is 2.55. The Kier molecular flexibility index (Phi) is 1.51. The molecule has 0 aliphatic rings. The number of hydrogen-bond acceptors (Lipinski definition) is 3. The minimum absolute atomic E-state index is 0.0821. The highest BCUT2D eigenvalue weighted by molar-refractivity contribution is 5.86. The normalized spacial score (nSPS) is 10.5. The quantitative estimate of drug-likeness (QED) is 0.697. The molecule has 13 heavy (non-hydrogen) atoms. The molecule has 1 N–H and O–H groups in total. The van der Waals surface area contributed by atoms with Crippen LogP contribution in [0.1, 0.15) is 16.2 Å². The molecule has 0 fully saturated rings. The van der Waals surface area contributed by atoms with E-state index in [-0.39, 0.29) is 5.69 Å². The lowest BCUT2D eigenvalue weighted by Crippen LogP contribution is -2.04. The van der Waals surface area contributed by atoms with Gasteiger partial charge in [-0.1, -0.05) is 0 Å². The molecule has 2 rings (SSSR count). The van der Waals surface area contributed by atoms with Gasteiger partial charge < -0.3 is 5.11 Å². The van der Waals surface area contributed by atoms with Crippen molar-refractivity contribution in [1.82, 2.24) is 14.6 Å². The fourth-order valence-electron chi connectivity index (χ4n) is 1.11. The average molecular weight is 177 g/mol. The Balaban J connectivity index is 2.79. The predicted molar refractivity (Wildman–Crippen MR) is 44.7 cm³/mol. The number of aromatic nitrogens is 3. The smallest absolute Gasteiger partial charge is 0.356 e. The lowest BCUT2D eigenvalue weighted by atomic mass is 10.4. The highest BCUT2D eigenvalue weighted by Gasteiger charge is 2.10. The van der Waals surface area contributed by atoms with Gasteiger partial charge in [0.05, 0.1) is 11.9 Å². The van der Waals surface area contributed by atoms with Gasteiger partial charge in [0.25, 0.3) is 0 Å². The Morgan fingerprint density at radius 1 is 1.54 bits per heavy atom. The summed E-state index contributed by atoms with van der Waals surface area (Å²) < 4.78 is 1.32. The van der Waals surface area contributed by atoms with Crippen molar-refractivity contribution in [2.75, 3.05) is 0 Å². The van der Waals surface area contributed by atoms with Crippen LogP contribution < -0.4 is 0 Å². The maximum Gasteiger partial charge on any atom is 0.356 e. The summed E-state index contributed by atoms with van der Waals surface area (Å²) in [5.41, 5.74) is 1.38. The maximum absolute atomic E-state index is 10.7. The van der Waals surface area contributed by atoms with Crippen LogP contribution in [-0.4, -0.2) is 25.7 Å². The van der Waals surface area contributed by atoms with E-state index >= 15 is 0 Å². The summed E-state index contributed by atoms with van der Waals surface area (Å²) >= 11 is 0. The van der Waals surface area contributed by atoms with E-state index in [2.05, 4.69) is 10.1 Å². The van der Waals surface area contributed by atoms with E-state index in [0.717, 1.165) is 5.69 Å². The van der Waals surface area contributed by atoms with E-state index in [9.17, 15) is 4.79 Å². The molecule has 0 aliphatic carbocycles. The third kappa shape index (κ3) is 1.14. The van der Waals surface area contributed by atoms with Gasteiger partial charge in [0.1, 0.15) is 0 Å². The van der Waals surface area contributed by atoms with E-state index in [0.29, 0.717) is 5.65 Å². The minimum Gasteiger partial charge on any atom is -0.476 e. The minimum atomic E-state index is -1.02. The molecular formula is C8H7N3O2. The molecule has 0 aromatic carbocycles. The molecule has 0 saturated heterocycles. The number of carboxylic acids is 1. The summed E-state index contributed by atoms with van der Waals surface area (Å²) in [5, 5.41) is 12.8. The molecule has 0 bridgehead atoms. The van der Waals surface area contributed by atoms with Crippen LogP contribution in [0.25, 0.3) is 5.65 Å². The Morgan fingerprint density at radius 2 is 2.31 bits per heavy atom. The molecule has 5 heteroatoms. The Morgan fingerprint density at radius 3 is 3.00 bits per heavy atom. The van der Waals surface area contributed by atoms with Gasteiger partial charge in [0.2, 0.25) is 0 Å². The molecule has 0 radical (unpaired) electrons. The van der Waals surface area contributed by atoms with Crippen molar-refractivity contribution in [1.29, 1.82) is 0 Å². The molecule has 0 amide bonds.